The summed E-state index contributed by atoms with van der Waals surface area (Å²) in [6, 6.07) is 9.31. The van der Waals surface area contributed by atoms with Crippen LogP contribution in [-0.4, -0.2) is 15.8 Å². The topological polar surface area (TPSA) is 62.8 Å². The molecule has 22 heavy (non-hydrogen) atoms. The minimum absolute atomic E-state index is 0.0312. The molecule has 0 aliphatic rings. The number of carbonyl (C=O) groups is 1. The van der Waals surface area contributed by atoms with E-state index in [0.717, 1.165) is 5.56 Å². The molecule has 3 aromatic rings. The Labute approximate surface area is 131 Å². The second-order valence-electron chi connectivity index (χ2n) is 5.52. The van der Waals surface area contributed by atoms with Crippen LogP contribution in [0.5, 0.6) is 0 Å². The number of thiophene rings is 1. The average molecular weight is 312 g/mol. The number of fused-ring (bicyclic) bond motifs is 1. The number of Topliss-reactive ketones (excluding diaryl/α,β-unsaturated/α-hetero) is 1. The van der Waals surface area contributed by atoms with Crippen LogP contribution in [0.15, 0.2) is 40.5 Å². The van der Waals surface area contributed by atoms with Gasteiger partial charge in [-0.25, -0.2) is 4.98 Å². The zero-order chi connectivity index (χ0) is 15.7. The largest absolute Gasteiger partial charge is 0.310 e. The van der Waals surface area contributed by atoms with E-state index in [4.69, 9.17) is 0 Å². The third-order valence-corrected chi connectivity index (χ3v) is 4.48. The minimum atomic E-state index is -0.193. The maximum Gasteiger partial charge on any atom is 0.258 e. The number of hydrogen-bond acceptors (Lipinski definition) is 4. The molecular formula is C17H16N2O2S. The molecule has 2 heterocycles. The van der Waals surface area contributed by atoms with Gasteiger partial charge in [-0.3, -0.25) is 9.59 Å². The maximum atomic E-state index is 12.2. The highest BCUT2D eigenvalue weighted by Gasteiger charge is 2.12. The van der Waals surface area contributed by atoms with E-state index in [1.807, 2.05) is 29.6 Å². The molecule has 0 aliphatic heterocycles. The van der Waals surface area contributed by atoms with Gasteiger partial charge in [0.1, 0.15) is 5.82 Å². The monoisotopic (exact) mass is 312 g/mol. The van der Waals surface area contributed by atoms with Crippen LogP contribution in [0, 0.1) is 0 Å². The van der Waals surface area contributed by atoms with Crippen LogP contribution in [0.3, 0.4) is 0 Å². The van der Waals surface area contributed by atoms with Crippen molar-refractivity contribution in [2.75, 3.05) is 0 Å². The number of nitrogens with zero attached hydrogens (tertiary/aromatic N) is 1. The summed E-state index contributed by atoms with van der Waals surface area (Å²) in [5.41, 5.74) is 1.53. The van der Waals surface area contributed by atoms with Crippen LogP contribution in [0.25, 0.3) is 10.9 Å². The standard InChI is InChI=1S/C17H16N2O2S/c1-10(2)11-5-6-13-12(8-11)17(21)19-16(18-13)9-14(20)15-4-3-7-22-15/h3-8,10H,9H2,1-2H3,(H,18,19,21). The Morgan fingerprint density at radius 3 is 2.82 bits per heavy atom. The summed E-state index contributed by atoms with van der Waals surface area (Å²) < 4.78 is 0. The number of nitrogens with one attached hydrogen (secondary N) is 1. The highest BCUT2D eigenvalue weighted by molar-refractivity contribution is 7.12. The van der Waals surface area contributed by atoms with Gasteiger partial charge in [0.2, 0.25) is 0 Å². The van der Waals surface area contributed by atoms with Crippen molar-refractivity contribution in [3.05, 3.63) is 62.3 Å². The number of benzene rings is 1. The third-order valence-electron chi connectivity index (χ3n) is 3.57. The summed E-state index contributed by atoms with van der Waals surface area (Å²) in [4.78, 5) is 32.2. The van der Waals surface area contributed by atoms with Gasteiger partial charge >= 0.3 is 0 Å². The molecule has 0 fully saturated rings. The number of hydrogen-bond donors (Lipinski definition) is 1. The molecule has 0 aliphatic carbocycles. The normalized spacial score (nSPS) is 11.2. The van der Waals surface area contributed by atoms with Crippen molar-refractivity contribution in [2.45, 2.75) is 26.2 Å². The van der Waals surface area contributed by atoms with Gasteiger partial charge in [0.05, 0.1) is 22.2 Å². The highest BCUT2D eigenvalue weighted by atomic mass is 32.1. The molecule has 2 aromatic heterocycles. The molecule has 112 valence electrons. The van der Waals surface area contributed by atoms with Crippen molar-refractivity contribution < 1.29 is 4.79 Å². The first-order chi connectivity index (χ1) is 10.5. The number of aromatic nitrogens is 2. The first-order valence-corrected chi connectivity index (χ1v) is 8.02. The van der Waals surface area contributed by atoms with Gasteiger partial charge in [-0.2, -0.15) is 0 Å². The Hall–Kier alpha value is -2.27. The number of carbonyl (C=O) groups excluding carboxylic acids is 1. The van der Waals surface area contributed by atoms with Gasteiger partial charge in [0, 0.05) is 0 Å². The van der Waals surface area contributed by atoms with Crippen molar-refractivity contribution in [1.29, 1.82) is 0 Å². The Morgan fingerprint density at radius 2 is 2.14 bits per heavy atom. The Balaban J connectivity index is 1.97. The van der Waals surface area contributed by atoms with E-state index in [2.05, 4.69) is 23.8 Å². The number of rotatable bonds is 4. The lowest BCUT2D eigenvalue weighted by molar-refractivity contribution is 0.0994. The van der Waals surface area contributed by atoms with Crippen molar-refractivity contribution in [3.63, 3.8) is 0 Å². The lowest BCUT2D eigenvalue weighted by Gasteiger charge is -2.07. The van der Waals surface area contributed by atoms with Crippen LogP contribution in [0.4, 0.5) is 0 Å². The summed E-state index contributed by atoms with van der Waals surface area (Å²) in [6.45, 7) is 4.16. The second kappa shape index (κ2) is 5.85. The molecule has 1 aromatic carbocycles. The number of H-pyrrole nitrogens is 1. The first-order valence-electron chi connectivity index (χ1n) is 7.14. The van der Waals surface area contributed by atoms with E-state index in [1.54, 1.807) is 6.07 Å². The predicted octanol–water partition coefficient (Wildman–Crippen LogP) is 3.53. The van der Waals surface area contributed by atoms with E-state index in [9.17, 15) is 9.59 Å². The van der Waals surface area contributed by atoms with Gasteiger partial charge in [-0.05, 0) is 35.1 Å². The molecule has 5 heteroatoms. The molecule has 0 bridgehead atoms. The lowest BCUT2D eigenvalue weighted by atomic mass is 10.0. The quantitative estimate of drug-likeness (QED) is 0.750. The van der Waals surface area contributed by atoms with Crippen LogP contribution in [0.1, 0.15) is 40.8 Å². The molecule has 1 N–H and O–H groups in total. The summed E-state index contributed by atoms with van der Waals surface area (Å²) in [6.07, 6.45) is 0.109. The van der Waals surface area contributed by atoms with Gasteiger partial charge in [-0.15, -0.1) is 11.3 Å². The van der Waals surface area contributed by atoms with E-state index in [1.165, 1.54) is 11.3 Å². The van der Waals surface area contributed by atoms with Crippen LogP contribution < -0.4 is 5.56 Å². The Bertz CT molecular complexity index is 879. The van der Waals surface area contributed by atoms with Crippen LogP contribution in [0.2, 0.25) is 0 Å². The fourth-order valence-corrected chi connectivity index (χ4v) is 2.99. The molecule has 3 rings (SSSR count). The number of aromatic amines is 1. The van der Waals surface area contributed by atoms with Gasteiger partial charge in [0.25, 0.3) is 5.56 Å². The molecule has 0 amide bonds. The van der Waals surface area contributed by atoms with Gasteiger partial charge in [-0.1, -0.05) is 26.0 Å². The first kappa shape index (κ1) is 14.7. The molecule has 0 atom stereocenters. The van der Waals surface area contributed by atoms with Crippen LogP contribution >= 0.6 is 11.3 Å². The van der Waals surface area contributed by atoms with E-state index < -0.39 is 0 Å². The molecule has 0 spiro atoms. The van der Waals surface area contributed by atoms with Crippen molar-refractivity contribution in [3.8, 4) is 0 Å². The van der Waals surface area contributed by atoms with Crippen LogP contribution in [-0.2, 0) is 6.42 Å². The fraction of sp³-hybridized carbons (Fsp3) is 0.235. The summed E-state index contributed by atoms with van der Waals surface area (Å²) in [5.74, 6) is 0.730. The minimum Gasteiger partial charge on any atom is -0.310 e. The molecule has 0 saturated carbocycles. The zero-order valence-corrected chi connectivity index (χ0v) is 13.2. The molecule has 4 nitrogen and oxygen atoms in total. The SMILES string of the molecule is CC(C)c1ccc2nc(CC(=O)c3cccs3)[nH]c(=O)c2c1. The van der Waals surface area contributed by atoms with E-state index in [-0.39, 0.29) is 17.8 Å². The maximum absolute atomic E-state index is 12.2. The average Bonchev–Trinajstić information content (AvgIpc) is 3.01. The van der Waals surface area contributed by atoms with E-state index >= 15 is 0 Å². The van der Waals surface area contributed by atoms with Crippen molar-refractivity contribution in [2.24, 2.45) is 0 Å². The summed E-state index contributed by atoms with van der Waals surface area (Å²) in [5, 5.41) is 2.43. The van der Waals surface area contributed by atoms with Crippen molar-refractivity contribution in [1.82, 2.24) is 9.97 Å². The van der Waals surface area contributed by atoms with Gasteiger partial charge in [0.15, 0.2) is 5.78 Å². The molecule has 0 saturated heterocycles. The lowest BCUT2D eigenvalue weighted by Crippen LogP contribution is -2.15. The highest BCUT2D eigenvalue weighted by Crippen LogP contribution is 2.18. The Morgan fingerprint density at radius 1 is 1.32 bits per heavy atom. The second-order valence-corrected chi connectivity index (χ2v) is 6.47. The summed E-state index contributed by atoms with van der Waals surface area (Å²) >= 11 is 1.39. The third kappa shape index (κ3) is 2.85. The van der Waals surface area contributed by atoms with Gasteiger partial charge < -0.3 is 4.98 Å². The smallest absolute Gasteiger partial charge is 0.258 e. The molecule has 0 unspecified atom stereocenters. The Kier molecular flexibility index (Phi) is 3.90. The molecule has 0 radical (unpaired) electrons. The van der Waals surface area contributed by atoms with E-state index in [0.29, 0.717) is 27.5 Å². The number of ketones is 1. The summed E-state index contributed by atoms with van der Waals surface area (Å²) in [7, 11) is 0. The molecular weight excluding hydrogens is 296 g/mol. The fourth-order valence-electron chi connectivity index (χ4n) is 2.32. The van der Waals surface area contributed by atoms with Crippen molar-refractivity contribution >= 4 is 28.0 Å². The zero-order valence-electron chi connectivity index (χ0n) is 12.4. The predicted molar refractivity (Wildman–Crippen MR) is 88.8 cm³/mol.